The van der Waals surface area contributed by atoms with Crippen LogP contribution < -0.4 is 0 Å². The number of rotatable bonds is 3. The SMILES string of the molecule is CC(C)n1ncc(Cl)c1C(=O)C1C2CCCCC21. The highest BCUT2D eigenvalue weighted by Crippen LogP contribution is 2.56. The van der Waals surface area contributed by atoms with Gasteiger partial charge in [0, 0.05) is 12.0 Å². The third-order valence-electron chi connectivity index (χ3n) is 4.43. The first-order valence-electron chi connectivity index (χ1n) is 6.88. The minimum Gasteiger partial charge on any atom is -0.292 e. The molecule has 0 amide bonds. The Labute approximate surface area is 113 Å². The predicted octanol–water partition coefficient (Wildman–Crippen LogP) is 3.74. The number of hydrogen-bond donors (Lipinski definition) is 0. The van der Waals surface area contributed by atoms with Gasteiger partial charge in [-0.05, 0) is 38.5 Å². The van der Waals surface area contributed by atoms with Crippen molar-refractivity contribution < 1.29 is 4.79 Å². The van der Waals surface area contributed by atoms with Crippen LogP contribution in [0.3, 0.4) is 0 Å². The molecule has 0 spiro atoms. The van der Waals surface area contributed by atoms with Gasteiger partial charge in [-0.25, -0.2) is 0 Å². The first-order chi connectivity index (χ1) is 8.61. The summed E-state index contributed by atoms with van der Waals surface area (Å²) in [5, 5.41) is 4.74. The van der Waals surface area contributed by atoms with Gasteiger partial charge in [0.1, 0.15) is 5.69 Å². The molecular formula is C14H19ClN2O. The van der Waals surface area contributed by atoms with Crippen LogP contribution in [0.4, 0.5) is 0 Å². The number of halogens is 1. The molecular weight excluding hydrogens is 248 g/mol. The molecule has 2 unspecified atom stereocenters. The first-order valence-corrected chi connectivity index (χ1v) is 7.26. The van der Waals surface area contributed by atoms with E-state index in [4.69, 9.17) is 11.6 Å². The van der Waals surface area contributed by atoms with Gasteiger partial charge in [-0.2, -0.15) is 5.10 Å². The van der Waals surface area contributed by atoms with E-state index in [0.29, 0.717) is 22.6 Å². The number of ketones is 1. The molecule has 98 valence electrons. The minimum absolute atomic E-state index is 0.178. The zero-order valence-electron chi connectivity index (χ0n) is 10.9. The molecule has 3 nitrogen and oxygen atoms in total. The van der Waals surface area contributed by atoms with Crippen molar-refractivity contribution in [2.24, 2.45) is 17.8 Å². The monoisotopic (exact) mass is 266 g/mol. The van der Waals surface area contributed by atoms with Gasteiger partial charge in [0.2, 0.25) is 0 Å². The Balaban J connectivity index is 1.87. The van der Waals surface area contributed by atoms with E-state index in [-0.39, 0.29) is 17.7 Å². The molecule has 2 fully saturated rings. The van der Waals surface area contributed by atoms with Gasteiger partial charge in [0.15, 0.2) is 5.78 Å². The van der Waals surface area contributed by atoms with Crippen LogP contribution in [-0.4, -0.2) is 15.6 Å². The number of hydrogen-bond acceptors (Lipinski definition) is 2. The zero-order chi connectivity index (χ0) is 12.9. The van der Waals surface area contributed by atoms with Gasteiger partial charge < -0.3 is 0 Å². The summed E-state index contributed by atoms with van der Waals surface area (Å²) < 4.78 is 1.77. The number of nitrogens with zero attached hydrogens (tertiary/aromatic N) is 2. The van der Waals surface area contributed by atoms with Crippen molar-refractivity contribution in [1.29, 1.82) is 0 Å². The maximum Gasteiger partial charge on any atom is 0.186 e. The molecule has 0 aliphatic heterocycles. The van der Waals surface area contributed by atoms with E-state index in [0.717, 1.165) is 0 Å². The number of aromatic nitrogens is 2. The zero-order valence-corrected chi connectivity index (χ0v) is 11.7. The molecule has 0 aromatic carbocycles. The van der Waals surface area contributed by atoms with Crippen molar-refractivity contribution >= 4 is 17.4 Å². The minimum atomic E-state index is 0.178. The Hall–Kier alpha value is -0.830. The summed E-state index contributed by atoms with van der Waals surface area (Å²) >= 11 is 6.15. The van der Waals surface area contributed by atoms with E-state index in [9.17, 15) is 4.79 Å². The second-order valence-corrected chi connectivity index (χ2v) is 6.29. The standard InChI is InChI=1S/C14H19ClN2O/c1-8(2)17-13(11(15)7-16-17)14(18)12-9-5-3-4-6-10(9)12/h7-10,12H,3-6H2,1-2H3. The lowest BCUT2D eigenvalue weighted by Gasteiger charge is -2.10. The van der Waals surface area contributed by atoms with E-state index in [1.807, 2.05) is 13.8 Å². The van der Waals surface area contributed by atoms with Crippen molar-refractivity contribution in [3.05, 3.63) is 16.9 Å². The fourth-order valence-corrected chi connectivity index (χ4v) is 3.73. The van der Waals surface area contributed by atoms with Gasteiger partial charge in [-0.3, -0.25) is 9.48 Å². The second-order valence-electron chi connectivity index (χ2n) is 5.88. The summed E-state index contributed by atoms with van der Waals surface area (Å²) in [6, 6.07) is 0.178. The fourth-order valence-electron chi connectivity index (χ4n) is 3.50. The van der Waals surface area contributed by atoms with Crippen molar-refractivity contribution in [2.75, 3.05) is 0 Å². The Morgan fingerprint density at radius 1 is 1.39 bits per heavy atom. The van der Waals surface area contributed by atoms with Crippen molar-refractivity contribution in [3.63, 3.8) is 0 Å². The molecule has 0 N–H and O–H groups in total. The van der Waals surface area contributed by atoms with E-state index < -0.39 is 0 Å². The van der Waals surface area contributed by atoms with Crippen LogP contribution >= 0.6 is 11.6 Å². The van der Waals surface area contributed by atoms with Crippen LogP contribution in [0.2, 0.25) is 5.02 Å². The molecule has 1 heterocycles. The number of carbonyl (C=O) groups excluding carboxylic acids is 1. The lowest BCUT2D eigenvalue weighted by Crippen LogP contribution is -2.15. The summed E-state index contributed by atoms with van der Waals surface area (Å²) in [5.74, 6) is 1.69. The Morgan fingerprint density at radius 3 is 2.56 bits per heavy atom. The van der Waals surface area contributed by atoms with Crippen LogP contribution in [0.15, 0.2) is 6.20 Å². The van der Waals surface area contributed by atoms with Crippen molar-refractivity contribution in [3.8, 4) is 0 Å². The average Bonchev–Trinajstić information content (AvgIpc) is 2.95. The Kier molecular flexibility index (Phi) is 2.97. The van der Waals surface area contributed by atoms with Gasteiger partial charge in [-0.1, -0.05) is 24.4 Å². The maximum atomic E-state index is 12.6. The van der Waals surface area contributed by atoms with E-state index in [1.165, 1.54) is 25.7 Å². The van der Waals surface area contributed by atoms with Crippen LogP contribution in [0.5, 0.6) is 0 Å². The maximum absolute atomic E-state index is 12.6. The molecule has 2 aliphatic carbocycles. The topological polar surface area (TPSA) is 34.9 Å². The quantitative estimate of drug-likeness (QED) is 0.781. The highest BCUT2D eigenvalue weighted by atomic mass is 35.5. The average molecular weight is 267 g/mol. The number of fused-ring (bicyclic) bond motifs is 1. The van der Waals surface area contributed by atoms with Crippen LogP contribution in [0, 0.1) is 17.8 Å². The summed E-state index contributed by atoms with van der Waals surface area (Å²) in [6.45, 7) is 4.06. The molecule has 1 aromatic rings. The summed E-state index contributed by atoms with van der Waals surface area (Å²) in [6.07, 6.45) is 6.59. The van der Waals surface area contributed by atoms with Gasteiger partial charge in [-0.15, -0.1) is 0 Å². The van der Waals surface area contributed by atoms with E-state index in [2.05, 4.69) is 5.10 Å². The lowest BCUT2D eigenvalue weighted by atomic mass is 10.0. The smallest absolute Gasteiger partial charge is 0.186 e. The molecule has 3 rings (SSSR count). The summed E-state index contributed by atoms with van der Waals surface area (Å²) in [7, 11) is 0. The molecule has 18 heavy (non-hydrogen) atoms. The molecule has 4 heteroatoms. The van der Waals surface area contributed by atoms with Crippen LogP contribution in [0.1, 0.15) is 56.1 Å². The highest BCUT2D eigenvalue weighted by Gasteiger charge is 2.55. The summed E-state index contributed by atoms with van der Waals surface area (Å²) in [4.78, 5) is 12.6. The summed E-state index contributed by atoms with van der Waals surface area (Å²) in [5.41, 5.74) is 0.631. The van der Waals surface area contributed by atoms with E-state index >= 15 is 0 Å². The van der Waals surface area contributed by atoms with Crippen LogP contribution in [-0.2, 0) is 0 Å². The molecule has 1 aromatic heterocycles. The Morgan fingerprint density at radius 2 is 2.00 bits per heavy atom. The molecule has 2 saturated carbocycles. The van der Waals surface area contributed by atoms with Crippen molar-refractivity contribution in [1.82, 2.24) is 9.78 Å². The largest absolute Gasteiger partial charge is 0.292 e. The predicted molar refractivity (Wildman–Crippen MR) is 70.9 cm³/mol. The lowest BCUT2D eigenvalue weighted by molar-refractivity contribution is 0.0944. The van der Waals surface area contributed by atoms with Crippen molar-refractivity contribution in [2.45, 2.75) is 45.6 Å². The Bertz CT molecular complexity index is 468. The highest BCUT2D eigenvalue weighted by molar-refractivity contribution is 6.33. The molecule has 2 aliphatic rings. The third-order valence-corrected chi connectivity index (χ3v) is 4.71. The first kappa shape index (κ1) is 12.2. The molecule has 0 saturated heterocycles. The van der Waals surface area contributed by atoms with Gasteiger partial charge in [0.05, 0.1) is 11.2 Å². The normalized spacial score (nSPS) is 30.3. The molecule has 0 radical (unpaired) electrons. The number of Topliss-reactive ketones (excluding diaryl/α,β-unsaturated/α-hetero) is 1. The van der Waals surface area contributed by atoms with Crippen LogP contribution in [0.25, 0.3) is 0 Å². The number of carbonyl (C=O) groups is 1. The third kappa shape index (κ3) is 1.80. The second kappa shape index (κ2) is 4.37. The molecule has 0 bridgehead atoms. The molecule has 2 atom stereocenters. The van der Waals surface area contributed by atoms with E-state index in [1.54, 1.807) is 10.9 Å². The van der Waals surface area contributed by atoms with Gasteiger partial charge in [0.25, 0.3) is 0 Å². The van der Waals surface area contributed by atoms with Gasteiger partial charge >= 0.3 is 0 Å². The fraction of sp³-hybridized carbons (Fsp3) is 0.714.